The first kappa shape index (κ1) is 20.9. The van der Waals surface area contributed by atoms with E-state index in [2.05, 4.69) is 33.8 Å². The Morgan fingerprint density at radius 1 is 1.24 bits per heavy atom. The van der Waals surface area contributed by atoms with E-state index in [1.807, 2.05) is 0 Å². The zero-order valence-electron chi connectivity index (χ0n) is 13.4. The van der Waals surface area contributed by atoms with Gasteiger partial charge in [0.05, 0.1) is 6.26 Å². The van der Waals surface area contributed by atoms with Gasteiger partial charge < -0.3 is 10.2 Å². The van der Waals surface area contributed by atoms with Crippen LogP contribution in [-0.2, 0) is 10.0 Å². The second-order valence-electron chi connectivity index (χ2n) is 5.85. The van der Waals surface area contributed by atoms with Gasteiger partial charge in [0, 0.05) is 33.2 Å². The van der Waals surface area contributed by atoms with Gasteiger partial charge in [0.25, 0.3) is 0 Å². The lowest BCUT2D eigenvalue weighted by molar-refractivity contribution is 0.208. The van der Waals surface area contributed by atoms with E-state index in [0.29, 0.717) is 24.9 Å². The van der Waals surface area contributed by atoms with Crippen LogP contribution in [0.1, 0.15) is 26.7 Å². The Bertz CT molecular complexity index is 418. The number of piperidine rings is 1. The van der Waals surface area contributed by atoms with Crippen LogP contribution >= 0.6 is 24.0 Å². The molecule has 2 N–H and O–H groups in total. The lowest BCUT2D eigenvalue weighted by Gasteiger charge is -2.37. The summed E-state index contributed by atoms with van der Waals surface area (Å²) >= 11 is 0. The Morgan fingerprint density at radius 2 is 1.81 bits per heavy atom. The Morgan fingerprint density at radius 3 is 2.29 bits per heavy atom. The van der Waals surface area contributed by atoms with Crippen LogP contribution in [0.25, 0.3) is 0 Å². The standard InChI is InChI=1S/C13H28N4O2S.HI/c1-11-8-12(2)10-17(9-11)13(14-3)15-6-5-7-16-20(4,18)19;/h11-12,16H,5-10H2,1-4H3,(H,14,15);1H. The lowest BCUT2D eigenvalue weighted by atomic mass is 9.92. The van der Waals surface area contributed by atoms with E-state index in [1.165, 1.54) is 12.7 Å². The Hall–Kier alpha value is -0.0900. The van der Waals surface area contributed by atoms with Gasteiger partial charge in [-0.15, -0.1) is 24.0 Å². The van der Waals surface area contributed by atoms with Gasteiger partial charge >= 0.3 is 0 Å². The highest BCUT2D eigenvalue weighted by atomic mass is 127. The number of likely N-dealkylation sites (tertiary alicyclic amines) is 1. The van der Waals surface area contributed by atoms with E-state index in [4.69, 9.17) is 0 Å². The second-order valence-corrected chi connectivity index (χ2v) is 7.68. The predicted octanol–water partition coefficient (Wildman–Crippen LogP) is 1.10. The monoisotopic (exact) mass is 432 g/mol. The average Bonchev–Trinajstić information content (AvgIpc) is 2.31. The molecular formula is C13H29IN4O2S. The fourth-order valence-electron chi connectivity index (χ4n) is 2.71. The summed E-state index contributed by atoms with van der Waals surface area (Å²) in [5.41, 5.74) is 0. The normalized spacial score (nSPS) is 23.6. The summed E-state index contributed by atoms with van der Waals surface area (Å²) in [4.78, 5) is 6.61. The van der Waals surface area contributed by atoms with Crippen molar-refractivity contribution < 1.29 is 8.42 Å². The molecule has 1 fully saturated rings. The zero-order chi connectivity index (χ0) is 15.2. The highest BCUT2D eigenvalue weighted by Gasteiger charge is 2.23. The molecule has 0 radical (unpaired) electrons. The molecule has 1 rings (SSSR count). The van der Waals surface area contributed by atoms with Crippen molar-refractivity contribution in [1.82, 2.24) is 14.9 Å². The van der Waals surface area contributed by atoms with Gasteiger partial charge in [-0.05, 0) is 24.7 Å². The molecule has 1 aliphatic rings. The molecule has 0 aliphatic carbocycles. The molecule has 126 valence electrons. The largest absolute Gasteiger partial charge is 0.356 e. The maximum absolute atomic E-state index is 10.9. The molecule has 0 aromatic heterocycles. The summed E-state index contributed by atoms with van der Waals surface area (Å²) in [6.45, 7) is 7.78. The molecule has 8 heteroatoms. The van der Waals surface area contributed by atoms with Crippen molar-refractivity contribution >= 4 is 40.0 Å². The van der Waals surface area contributed by atoms with Gasteiger partial charge in [-0.25, -0.2) is 13.1 Å². The molecule has 0 aromatic rings. The smallest absolute Gasteiger partial charge is 0.208 e. The van der Waals surface area contributed by atoms with Crippen molar-refractivity contribution in [2.24, 2.45) is 16.8 Å². The maximum Gasteiger partial charge on any atom is 0.208 e. The van der Waals surface area contributed by atoms with E-state index in [1.54, 1.807) is 7.05 Å². The van der Waals surface area contributed by atoms with Crippen LogP contribution in [0.3, 0.4) is 0 Å². The van der Waals surface area contributed by atoms with Crippen molar-refractivity contribution in [3.8, 4) is 0 Å². The van der Waals surface area contributed by atoms with E-state index >= 15 is 0 Å². The van der Waals surface area contributed by atoms with E-state index in [-0.39, 0.29) is 24.0 Å². The number of nitrogens with one attached hydrogen (secondary N) is 2. The number of sulfonamides is 1. The molecular weight excluding hydrogens is 403 g/mol. The summed E-state index contributed by atoms with van der Waals surface area (Å²) in [5.74, 6) is 2.29. The second kappa shape index (κ2) is 9.83. The highest BCUT2D eigenvalue weighted by molar-refractivity contribution is 14.0. The summed E-state index contributed by atoms with van der Waals surface area (Å²) in [6, 6.07) is 0. The quantitative estimate of drug-likeness (QED) is 0.295. The molecule has 1 aliphatic heterocycles. The summed E-state index contributed by atoms with van der Waals surface area (Å²) in [7, 11) is -1.29. The van der Waals surface area contributed by atoms with Crippen molar-refractivity contribution in [2.75, 3.05) is 39.5 Å². The van der Waals surface area contributed by atoms with Gasteiger partial charge in [-0.3, -0.25) is 4.99 Å². The molecule has 21 heavy (non-hydrogen) atoms. The van der Waals surface area contributed by atoms with Crippen LogP contribution in [0, 0.1) is 11.8 Å². The molecule has 0 bridgehead atoms. The fraction of sp³-hybridized carbons (Fsp3) is 0.923. The molecule has 1 saturated heterocycles. The molecule has 0 spiro atoms. The Balaban J connectivity index is 0.00000400. The molecule has 0 aromatic carbocycles. The van der Waals surface area contributed by atoms with Gasteiger partial charge in [-0.1, -0.05) is 13.8 Å². The van der Waals surface area contributed by atoms with Crippen LogP contribution in [0.2, 0.25) is 0 Å². The topological polar surface area (TPSA) is 73.8 Å². The molecule has 0 amide bonds. The van der Waals surface area contributed by atoms with Crippen LogP contribution in [0.5, 0.6) is 0 Å². The van der Waals surface area contributed by atoms with Crippen LogP contribution in [-0.4, -0.2) is 58.8 Å². The number of guanidine groups is 1. The van der Waals surface area contributed by atoms with Crippen LogP contribution in [0.4, 0.5) is 0 Å². The number of nitrogens with zero attached hydrogens (tertiary/aromatic N) is 2. The first-order chi connectivity index (χ1) is 9.31. The zero-order valence-corrected chi connectivity index (χ0v) is 16.6. The minimum atomic E-state index is -3.08. The minimum absolute atomic E-state index is 0. The number of hydrogen-bond donors (Lipinski definition) is 2. The maximum atomic E-state index is 10.9. The number of hydrogen-bond acceptors (Lipinski definition) is 3. The van der Waals surface area contributed by atoms with Gasteiger partial charge in [0.15, 0.2) is 5.96 Å². The van der Waals surface area contributed by atoms with Crippen molar-refractivity contribution in [3.63, 3.8) is 0 Å². The van der Waals surface area contributed by atoms with E-state index in [0.717, 1.165) is 25.5 Å². The summed E-state index contributed by atoms with van der Waals surface area (Å²) in [6.07, 6.45) is 3.19. The average molecular weight is 432 g/mol. The summed E-state index contributed by atoms with van der Waals surface area (Å²) < 4.78 is 24.4. The minimum Gasteiger partial charge on any atom is -0.356 e. The van der Waals surface area contributed by atoms with Gasteiger partial charge in [-0.2, -0.15) is 0 Å². The molecule has 1 heterocycles. The third-order valence-electron chi connectivity index (χ3n) is 3.38. The summed E-state index contributed by atoms with van der Waals surface area (Å²) in [5, 5.41) is 3.31. The van der Waals surface area contributed by atoms with Gasteiger partial charge in [0.1, 0.15) is 0 Å². The Kier molecular flexibility index (Phi) is 9.79. The first-order valence-electron chi connectivity index (χ1n) is 7.22. The fourth-order valence-corrected chi connectivity index (χ4v) is 3.23. The first-order valence-corrected chi connectivity index (χ1v) is 9.11. The van der Waals surface area contributed by atoms with Crippen molar-refractivity contribution in [1.29, 1.82) is 0 Å². The molecule has 2 unspecified atom stereocenters. The predicted molar refractivity (Wildman–Crippen MR) is 98.8 cm³/mol. The van der Waals surface area contributed by atoms with Crippen molar-refractivity contribution in [3.05, 3.63) is 0 Å². The number of halogens is 1. The van der Waals surface area contributed by atoms with Gasteiger partial charge in [0.2, 0.25) is 10.0 Å². The molecule has 2 atom stereocenters. The SMILES string of the molecule is CN=C(NCCCNS(C)(=O)=O)N1CC(C)CC(C)C1.I. The van der Waals surface area contributed by atoms with Crippen LogP contribution in [0.15, 0.2) is 4.99 Å². The van der Waals surface area contributed by atoms with E-state index < -0.39 is 10.0 Å². The number of aliphatic imine (C=N–C) groups is 1. The Labute approximate surface area is 146 Å². The number of rotatable bonds is 5. The van der Waals surface area contributed by atoms with Crippen LogP contribution < -0.4 is 10.0 Å². The lowest BCUT2D eigenvalue weighted by Crippen LogP contribution is -2.48. The highest BCUT2D eigenvalue weighted by Crippen LogP contribution is 2.20. The van der Waals surface area contributed by atoms with E-state index in [9.17, 15) is 8.42 Å². The third kappa shape index (κ3) is 8.82. The third-order valence-corrected chi connectivity index (χ3v) is 4.11. The van der Waals surface area contributed by atoms with Crippen molar-refractivity contribution in [2.45, 2.75) is 26.7 Å². The molecule has 6 nitrogen and oxygen atoms in total. The molecule has 0 saturated carbocycles.